The van der Waals surface area contributed by atoms with Gasteiger partial charge in [-0.2, -0.15) is 0 Å². The van der Waals surface area contributed by atoms with Crippen molar-refractivity contribution in [1.29, 1.82) is 0 Å². The summed E-state index contributed by atoms with van der Waals surface area (Å²) in [6.45, 7) is 5.68. The molecule has 198 valence electrons. The molecule has 1 aliphatic rings. The van der Waals surface area contributed by atoms with Gasteiger partial charge in [0.15, 0.2) is 18.5 Å². The lowest BCUT2D eigenvalue weighted by Gasteiger charge is -2.45. The lowest BCUT2D eigenvalue weighted by molar-refractivity contribution is -0.276. The number of esters is 3. The predicted octanol–water partition coefficient (Wildman–Crippen LogP) is 2.48. The maximum absolute atomic E-state index is 12.9. The lowest BCUT2D eigenvalue weighted by Crippen LogP contribution is -2.65. The smallest absolute Gasteiger partial charge is 0.405 e. The first kappa shape index (κ1) is 30.5. The van der Waals surface area contributed by atoms with Crippen molar-refractivity contribution in [1.82, 2.24) is 5.09 Å². The minimum Gasteiger partial charge on any atom is -0.463 e. The van der Waals surface area contributed by atoms with Gasteiger partial charge in [0.1, 0.15) is 18.8 Å². The minimum atomic E-state index is -3.86. The van der Waals surface area contributed by atoms with Crippen molar-refractivity contribution in [2.75, 3.05) is 27.4 Å². The largest absolute Gasteiger partial charge is 0.463 e. The Morgan fingerprint density at radius 1 is 0.882 bits per heavy atom. The molecule has 1 aliphatic heterocycles. The fourth-order valence-electron chi connectivity index (χ4n) is 3.45. The van der Waals surface area contributed by atoms with E-state index in [0.29, 0.717) is 6.61 Å². The van der Waals surface area contributed by atoms with E-state index >= 15 is 0 Å². The van der Waals surface area contributed by atoms with Crippen molar-refractivity contribution >= 4 is 25.7 Å². The van der Waals surface area contributed by atoms with Gasteiger partial charge in [0.25, 0.3) is 0 Å². The highest BCUT2D eigenvalue weighted by Crippen LogP contribution is 2.44. The zero-order chi connectivity index (χ0) is 25.7. The molecule has 0 aromatic rings. The van der Waals surface area contributed by atoms with Gasteiger partial charge in [-0.25, -0.2) is 9.65 Å². The number of carbonyl (C=O) groups is 3. The van der Waals surface area contributed by atoms with Crippen LogP contribution in [-0.4, -0.2) is 76.0 Å². The summed E-state index contributed by atoms with van der Waals surface area (Å²) in [7, 11) is -1.50. The molecule has 5 atom stereocenters. The molecule has 1 N–H and O–H groups in total. The molecule has 1 heterocycles. The summed E-state index contributed by atoms with van der Waals surface area (Å²) in [6, 6.07) is -1.11. The van der Waals surface area contributed by atoms with E-state index in [2.05, 4.69) is 12.0 Å². The quantitative estimate of drug-likeness (QED) is 0.149. The first-order valence-corrected chi connectivity index (χ1v) is 12.8. The van der Waals surface area contributed by atoms with E-state index in [1.165, 1.54) is 35.0 Å². The molecule has 0 saturated carbocycles. The Morgan fingerprint density at radius 3 is 2.00 bits per heavy atom. The lowest BCUT2D eigenvalue weighted by atomic mass is 9.97. The number of hydrogen-bond acceptors (Lipinski definition) is 11. The highest BCUT2D eigenvalue weighted by atomic mass is 31.2. The topological polar surface area (TPSA) is 145 Å². The van der Waals surface area contributed by atoms with E-state index in [9.17, 15) is 18.9 Å². The number of carbonyl (C=O) groups excluding carboxylic acids is 3. The monoisotopic (exact) mass is 511 g/mol. The normalized spacial score (nSPS) is 24.9. The highest BCUT2D eigenvalue weighted by Gasteiger charge is 2.52. The zero-order valence-electron chi connectivity index (χ0n) is 20.8. The van der Waals surface area contributed by atoms with Gasteiger partial charge in [0.2, 0.25) is 0 Å². The Morgan fingerprint density at radius 2 is 1.47 bits per heavy atom. The fourth-order valence-corrected chi connectivity index (χ4v) is 4.44. The minimum absolute atomic E-state index is 0.291. The van der Waals surface area contributed by atoms with E-state index < -0.39 is 56.3 Å². The van der Waals surface area contributed by atoms with Crippen molar-refractivity contribution < 1.29 is 51.7 Å². The summed E-state index contributed by atoms with van der Waals surface area (Å²) in [6.07, 6.45) is 0.358. The molecule has 34 heavy (non-hydrogen) atoms. The van der Waals surface area contributed by atoms with Gasteiger partial charge in [-0.05, 0) is 6.42 Å². The standard InChI is InChI=1S/C21H38NO11P/c1-7-8-9-10-11-12-29-21-18(22-34(26,27-5)28-6)20(32-16(4)25)19(31-15(3)24)17(33-21)13-30-14(2)23/h17-21H,7-13H2,1-6H3,(H,22,26)/t17-,18-,19-,20-,21-/m1/s1. The van der Waals surface area contributed by atoms with Gasteiger partial charge >= 0.3 is 25.7 Å². The van der Waals surface area contributed by atoms with Crippen molar-refractivity contribution in [2.45, 2.75) is 90.4 Å². The fraction of sp³-hybridized carbons (Fsp3) is 0.857. The molecule has 0 aromatic carbocycles. The van der Waals surface area contributed by atoms with Gasteiger partial charge in [0, 0.05) is 41.6 Å². The van der Waals surface area contributed by atoms with Gasteiger partial charge in [-0.3, -0.25) is 14.4 Å². The molecule has 1 rings (SSSR count). The van der Waals surface area contributed by atoms with Crippen LogP contribution >= 0.6 is 7.75 Å². The molecule has 0 aromatic heterocycles. The third-order valence-electron chi connectivity index (χ3n) is 5.02. The molecule has 12 nitrogen and oxygen atoms in total. The van der Waals surface area contributed by atoms with Crippen LogP contribution in [0.2, 0.25) is 0 Å². The molecule has 1 saturated heterocycles. The van der Waals surface area contributed by atoms with Crippen molar-refractivity contribution in [3.8, 4) is 0 Å². The van der Waals surface area contributed by atoms with Crippen molar-refractivity contribution in [3.05, 3.63) is 0 Å². The van der Waals surface area contributed by atoms with E-state index in [4.69, 9.17) is 32.7 Å². The second-order valence-corrected chi connectivity index (χ2v) is 9.78. The van der Waals surface area contributed by atoms with Gasteiger partial charge in [0.05, 0.1) is 0 Å². The Labute approximate surface area is 200 Å². The van der Waals surface area contributed by atoms with E-state index in [1.54, 1.807) is 0 Å². The summed E-state index contributed by atoms with van der Waals surface area (Å²) in [5.41, 5.74) is 0. The summed E-state index contributed by atoms with van der Waals surface area (Å²) in [4.78, 5) is 35.2. The molecular weight excluding hydrogens is 473 g/mol. The number of nitrogens with one attached hydrogen (secondary N) is 1. The first-order chi connectivity index (χ1) is 16.1. The molecule has 0 aliphatic carbocycles. The summed E-state index contributed by atoms with van der Waals surface area (Å²) >= 11 is 0. The Bertz CT molecular complexity index is 696. The Kier molecular flexibility index (Phi) is 13.8. The van der Waals surface area contributed by atoms with Crippen LogP contribution in [0.25, 0.3) is 0 Å². The summed E-state index contributed by atoms with van der Waals surface area (Å²) in [5, 5.41) is 2.67. The van der Waals surface area contributed by atoms with Crippen molar-refractivity contribution in [3.63, 3.8) is 0 Å². The summed E-state index contributed by atoms with van der Waals surface area (Å²) in [5.74, 6) is -1.95. The number of unbranched alkanes of at least 4 members (excludes halogenated alkanes) is 4. The van der Waals surface area contributed by atoms with Gasteiger partial charge in [-0.15, -0.1) is 0 Å². The average molecular weight is 512 g/mol. The van der Waals surface area contributed by atoms with Crippen LogP contribution in [0, 0.1) is 0 Å². The van der Waals surface area contributed by atoms with Crippen LogP contribution in [0.1, 0.15) is 59.8 Å². The molecule has 0 radical (unpaired) electrons. The number of hydrogen-bond donors (Lipinski definition) is 1. The van der Waals surface area contributed by atoms with Crippen LogP contribution in [0.4, 0.5) is 0 Å². The third kappa shape index (κ3) is 10.4. The van der Waals surface area contributed by atoms with Gasteiger partial charge < -0.3 is 32.7 Å². The maximum atomic E-state index is 12.9. The number of rotatable bonds is 15. The van der Waals surface area contributed by atoms with Crippen LogP contribution in [0.15, 0.2) is 0 Å². The second-order valence-electron chi connectivity index (χ2n) is 7.80. The molecule has 0 spiro atoms. The van der Waals surface area contributed by atoms with Crippen LogP contribution in [-0.2, 0) is 51.7 Å². The van der Waals surface area contributed by atoms with E-state index in [-0.39, 0.29) is 6.61 Å². The SMILES string of the molecule is CCCCCCCO[C@@H]1O[C@H](COC(C)=O)[C@@H](OC(C)=O)[C@H](OC(C)=O)[C@H]1NP(=O)(OC)OC. The average Bonchev–Trinajstić information content (AvgIpc) is 2.77. The van der Waals surface area contributed by atoms with E-state index in [0.717, 1.165) is 32.1 Å². The Hall–Kier alpha value is -1.56. The predicted molar refractivity (Wildman–Crippen MR) is 120 cm³/mol. The number of ether oxygens (including phenoxy) is 5. The van der Waals surface area contributed by atoms with Crippen LogP contribution < -0.4 is 5.09 Å². The molecule has 0 unspecified atom stereocenters. The maximum Gasteiger partial charge on any atom is 0.405 e. The summed E-state index contributed by atoms with van der Waals surface area (Å²) < 4.78 is 50.7. The molecular formula is C21H38NO11P. The van der Waals surface area contributed by atoms with E-state index in [1.807, 2.05) is 0 Å². The molecule has 0 bridgehead atoms. The first-order valence-electron chi connectivity index (χ1n) is 11.3. The van der Waals surface area contributed by atoms with Crippen LogP contribution in [0.5, 0.6) is 0 Å². The second kappa shape index (κ2) is 15.4. The highest BCUT2D eigenvalue weighted by molar-refractivity contribution is 7.51. The third-order valence-corrected chi connectivity index (χ3v) is 6.59. The zero-order valence-corrected chi connectivity index (χ0v) is 21.7. The van der Waals surface area contributed by atoms with Gasteiger partial charge in [-0.1, -0.05) is 32.6 Å². The molecule has 1 fully saturated rings. The van der Waals surface area contributed by atoms with Crippen LogP contribution in [0.3, 0.4) is 0 Å². The Balaban J connectivity index is 3.25. The molecule has 0 amide bonds. The van der Waals surface area contributed by atoms with Crippen molar-refractivity contribution in [2.24, 2.45) is 0 Å². The molecule has 13 heteroatoms.